The van der Waals surface area contributed by atoms with Crippen molar-refractivity contribution in [2.45, 2.75) is 32.0 Å². The fourth-order valence-electron chi connectivity index (χ4n) is 4.25. The third-order valence-corrected chi connectivity index (χ3v) is 6.20. The predicted octanol–water partition coefficient (Wildman–Crippen LogP) is 3.59. The summed E-state index contributed by atoms with van der Waals surface area (Å²) in [5, 5.41) is 11.2. The Morgan fingerprint density at radius 1 is 1.11 bits per heavy atom. The maximum absolute atomic E-state index is 13.5. The number of β-amino-alcohol motifs (C(OH)–C–C–N with tert-alkyl or cyclic N) is 1. The van der Waals surface area contributed by atoms with E-state index < -0.39 is 17.2 Å². The molecular formula is C27H33F2N3O5. The van der Waals surface area contributed by atoms with Crippen LogP contribution in [0.3, 0.4) is 0 Å². The Hall–Kier alpha value is -3.21. The van der Waals surface area contributed by atoms with E-state index in [1.165, 1.54) is 6.07 Å². The number of aliphatic hydroxyl groups is 1. The molecule has 2 aromatic carbocycles. The lowest BCUT2D eigenvalue weighted by Gasteiger charge is -2.30. The first-order valence-electron chi connectivity index (χ1n) is 12.2. The van der Waals surface area contributed by atoms with Gasteiger partial charge in [-0.05, 0) is 43.2 Å². The van der Waals surface area contributed by atoms with Gasteiger partial charge in [0.25, 0.3) is 0 Å². The zero-order valence-corrected chi connectivity index (χ0v) is 21.2. The molecule has 1 atom stereocenters. The number of halogens is 2. The molecule has 200 valence electrons. The largest absolute Gasteiger partial charge is 0.493 e. The second-order valence-corrected chi connectivity index (χ2v) is 9.21. The lowest BCUT2D eigenvalue weighted by molar-refractivity contribution is -0.0647. The van der Waals surface area contributed by atoms with Crippen LogP contribution in [0.1, 0.15) is 17.8 Å². The lowest BCUT2D eigenvalue weighted by atomic mass is 10.1. The van der Waals surface area contributed by atoms with Crippen LogP contribution in [-0.2, 0) is 17.8 Å². The van der Waals surface area contributed by atoms with E-state index >= 15 is 0 Å². The van der Waals surface area contributed by atoms with E-state index in [0.29, 0.717) is 37.8 Å². The van der Waals surface area contributed by atoms with Crippen LogP contribution < -0.4 is 14.2 Å². The number of ether oxygens (including phenoxy) is 4. The summed E-state index contributed by atoms with van der Waals surface area (Å²) in [6.45, 7) is 5.14. The average Bonchev–Trinajstić information content (AvgIpc) is 3.20. The molecule has 4 rings (SSSR count). The molecule has 0 radical (unpaired) electrons. The molecule has 1 aromatic heterocycles. The van der Waals surface area contributed by atoms with E-state index in [2.05, 4.69) is 14.5 Å². The molecule has 37 heavy (non-hydrogen) atoms. The normalized spacial score (nSPS) is 18.4. The Balaban J connectivity index is 1.35. The number of hydrogen-bond donors (Lipinski definition) is 1. The van der Waals surface area contributed by atoms with Crippen LogP contribution in [0.4, 0.5) is 8.78 Å². The summed E-state index contributed by atoms with van der Waals surface area (Å²) in [7, 11) is 1.61. The van der Waals surface area contributed by atoms with Crippen molar-refractivity contribution in [2.75, 3.05) is 46.6 Å². The quantitative estimate of drug-likeness (QED) is 0.390. The minimum absolute atomic E-state index is 0.0700. The third-order valence-electron chi connectivity index (χ3n) is 6.20. The maximum atomic E-state index is 13.5. The van der Waals surface area contributed by atoms with Crippen LogP contribution in [0.5, 0.6) is 17.2 Å². The van der Waals surface area contributed by atoms with Crippen molar-refractivity contribution in [2.24, 2.45) is 0 Å². The molecule has 1 N–H and O–H groups in total. The molecule has 0 amide bonds. The standard InChI is InChI=1S/C27H33F2N3O5/c1-20-30-8-10-32(20)9-3-12-36-26-14-21(4-7-25(26)34-2)16-31-11-13-35-18-27(33,17-31)19-37-22-5-6-23(28)24(29)15-22/h4-8,10,14-15,33H,3,9,11-13,16-19H2,1-2H3. The van der Waals surface area contributed by atoms with Gasteiger partial charge >= 0.3 is 0 Å². The van der Waals surface area contributed by atoms with Crippen LogP contribution in [0.15, 0.2) is 48.8 Å². The summed E-state index contributed by atoms with van der Waals surface area (Å²) in [5.74, 6) is 0.465. The van der Waals surface area contributed by atoms with E-state index in [4.69, 9.17) is 18.9 Å². The van der Waals surface area contributed by atoms with Crippen molar-refractivity contribution in [3.05, 3.63) is 71.8 Å². The van der Waals surface area contributed by atoms with Crippen molar-refractivity contribution in [1.29, 1.82) is 0 Å². The number of hydrogen-bond acceptors (Lipinski definition) is 7. The van der Waals surface area contributed by atoms with Gasteiger partial charge < -0.3 is 28.6 Å². The first kappa shape index (κ1) is 26.8. The van der Waals surface area contributed by atoms with E-state index in [1.54, 1.807) is 13.3 Å². The topological polar surface area (TPSA) is 78.2 Å². The number of methoxy groups -OCH3 is 1. The van der Waals surface area contributed by atoms with Crippen LogP contribution >= 0.6 is 0 Å². The van der Waals surface area contributed by atoms with Crippen molar-refractivity contribution >= 4 is 0 Å². The number of aromatic nitrogens is 2. The Kier molecular flexibility index (Phi) is 8.96. The first-order valence-corrected chi connectivity index (χ1v) is 12.2. The molecule has 0 spiro atoms. The smallest absolute Gasteiger partial charge is 0.162 e. The second kappa shape index (κ2) is 12.4. The number of benzene rings is 2. The molecule has 1 aliphatic heterocycles. The fraction of sp³-hybridized carbons (Fsp3) is 0.444. The van der Waals surface area contributed by atoms with E-state index in [9.17, 15) is 13.9 Å². The lowest BCUT2D eigenvalue weighted by Crippen LogP contribution is -2.48. The molecule has 0 aliphatic carbocycles. The summed E-state index contributed by atoms with van der Waals surface area (Å²) < 4.78 is 51.5. The highest BCUT2D eigenvalue weighted by atomic mass is 19.2. The molecule has 2 heterocycles. The van der Waals surface area contributed by atoms with Crippen molar-refractivity contribution in [3.8, 4) is 17.2 Å². The Labute approximate surface area is 215 Å². The van der Waals surface area contributed by atoms with Crippen LogP contribution in [0.2, 0.25) is 0 Å². The molecule has 1 saturated heterocycles. The van der Waals surface area contributed by atoms with Gasteiger partial charge in [0, 0.05) is 44.6 Å². The minimum atomic E-state index is -1.32. The average molecular weight is 518 g/mol. The van der Waals surface area contributed by atoms with E-state index in [1.807, 2.05) is 31.3 Å². The highest BCUT2D eigenvalue weighted by Crippen LogP contribution is 2.29. The highest BCUT2D eigenvalue weighted by Gasteiger charge is 2.33. The van der Waals surface area contributed by atoms with Gasteiger partial charge in [0.05, 0.1) is 26.9 Å². The number of imidazole rings is 1. The maximum Gasteiger partial charge on any atom is 0.162 e. The zero-order chi connectivity index (χ0) is 26.3. The summed E-state index contributed by atoms with van der Waals surface area (Å²) in [4.78, 5) is 6.30. The molecule has 1 fully saturated rings. The first-order chi connectivity index (χ1) is 17.8. The predicted molar refractivity (Wildman–Crippen MR) is 133 cm³/mol. The van der Waals surface area contributed by atoms with Gasteiger partial charge in [-0.15, -0.1) is 0 Å². The summed E-state index contributed by atoms with van der Waals surface area (Å²) in [5.41, 5.74) is -0.328. The summed E-state index contributed by atoms with van der Waals surface area (Å²) in [6, 6.07) is 9.06. The molecule has 0 saturated carbocycles. The molecule has 1 aliphatic rings. The Morgan fingerprint density at radius 2 is 1.97 bits per heavy atom. The second-order valence-electron chi connectivity index (χ2n) is 9.21. The fourth-order valence-corrected chi connectivity index (χ4v) is 4.25. The van der Waals surface area contributed by atoms with Crippen LogP contribution in [-0.4, -0.2) is 71.8 Å². The number of rotatable bonds is 11. The van der Waals surface area contributed by atoms with E-state index in [0.717, 1.165) is 36.5 Å². The van der Waals surface area contributed by atoms with Crippen molar-refractivity contribution in [1.82, 2.24) is 14.5 Å². The molecule has 10 heteroatoms. The van der Waals surface area contributed by atoms with Crippen molar-refractivity contribution < 1.29 is 32.8 Å². The molecule has 0 bridgehead atoms. The Bertz CT molecular complexity index is 1170. The minimum Gasteiger partial charge on any atom is -0.493 e. The SMILES string of the molecule is COc1ccc(CN2CCOCC(O)(COc3ccc(F)c(F)c3)C2)cc1OCCCn1ccnc1C. The molecule has 3 aromatic rings. The summed E-state index contributed by atoms with van der Waals surface area (Å²) in [6.07, 6.45) is 4.55. The highest BCUT2D eigenvalue weighted by molar-refractivity contribution is 5.43. The van der Waals surface area contributed by atoms with Crippen LogP contribution in [0, 0.1) is 18.6 Å². The Morgan fingerprint density at radius 3 is 2.73 bits per heavy atom. The van der Waals surface area contributed by atoms with Gasteiger partial charge in [-0.25, -0.2) is 13.8 Å². The van der Waals surface area contributed by atoms with Gasteiger partial charge in [-0.1, -0.05) is 6.07 Å². The van der Waals surface area contributed by atoms with Gasteiger partial charge in [-0.3, -0.25) is 4.90 Å². The number of aryl methyl sites for hydroxylation is 2. The molecule has 1 unspecified atom stereocenters. The van der Waals surface area contributed by atoms with Gasteiger partial charge in [0.1, 0.15) is 23.8 Å². The van der Waals surface area contributed by atoms with Gasteiger partial charge in [0.2, 0.25) is 0 Å². The zero-order valence-electron chi connectivity index (χ0n) is 21.2. The molecule has 8 nitrogen and oxygen atoms in total. The van der Waals surface area contributed by atoms with E-state index in [-0.39, 0.29) is 25.5 Å². The van der Waals surface area contributed by atoms with Crippen LogP contribution in [0.25, 0.3) is 0 Å². The summed E-state index contributed by atoms with van der Waals surface area (Å²) >= 11 is 0. The monoisotopic (exact) mass is 517 g/mol. The van der Waals surface area contributed by atoms with Gasteiger partial charge in [-0.2, -0.15) is 0 Å². The molecular weight excluding hydrogens is 484 g/mol. The third kappa shape index (κ3) is 7.41. The van der Waals surface area contributed by atoms with Crippen molar-refractivity contribution in [3.63, 3.8) is 0 Å². The van der Waals surface area contributed by atoms with Gasteiger partial charge in [0.15, 0.2) is 23.1 Å². The number of nitrogens with zero attached hydrogens (tertiary/aromatic N) is 3.